The van der Waals surface area contributed by atoms with Gasteiger partial charge < -0.3 is 0 Å². The van der Waals surface area contributed by atoms with Crippen LogP contribution in [0.3, 0.4) is 0 Å². The molecule has 0 aliphatic carbocycles. The van der Waals surface area contributed by atoms with Crippen molar-refractivity contribution in [2.24, 2.45) is 5.10 Å². The fraction of sp³-hybridized carbons (Fsp3) is 0.222. The van der Waals surface area contributed by atoms with Crippen LogP contribution in [-0.4, -0.2) is 44.4 Å². The Kier molecular flexibility index (Phi) is 3.27. The molecule has 25 heavy (non-hydrogen) atoms. The summed E-state index contributed by atoms with van der Waals surface area (Å²) >= 11 is 1.67. The van der Waals surface area contributed by atoms with E-state index in [2.05, 4.69) is 33.3 Å². The average Bonchev–Trinajstić information content (AvgIpc) is 3.34. The van der Waals surface area contributed by atoms with E-state index in [1.165, 1.54) is 10.3 Å². The lowest BCUT2D eigenvalue weighted by atomic mass is 10.1. The molecular weight excluding hydrogens is 332 g/mol. The third-order valence-electron chi connectivity index (χ3n) is 4.52. The van der Waals surface area contributed by atoms with Gasteiger partial charge in [0.1, 0.15) is 0 Å². The van der Waals surface area contributed by atoms with Crippen LogP contribution >= 0.6 is 11.3 Å². The van der Waals surface area contributed by atoms with Gasteiger partial charge in [-0.05, 0) is 29.8 Å². The van der Waals surface area contributed by atoms with E-state index in [9.17, 15) is 0 Å². The minimum absolute atomic E-state index is 0.234. The summed E-state index contributed by atoms with van der Waals surface area (Å²) in [6.07, 6.45) is 4.67. The van der Waals surface area contributed by atoms with Crippen LogP contribution < -0.4 is 0 Å². The van der Waals surface area contributed by atoms with Gasteiger partial charge >= 0.3 is 0 Å². The summed E-state index contributed by atoms with van der Waals surface area (Å²) in [7, 11) is 1.98. The number of rotatable bonds is 3. The van der Waals surface area contributed by atoms with Gasteiger partial charge in [-0.15, -0.1) is 11.3 Å². The first-order chi connectivity index (χ1) is 12.3. The number of thiazole rings is 1. The molecule has 3 aromatic heterocycles. The van der Waals surface area contributed by atoms with Gasteiger partial charge in [0.25, 0.3) is 0 Å². The zero-order valence-electron chi connectivity index (χ0n) is 13.7. The van der Waals surface area contributed by atoms with Crippen molar-refractivity contribution in [2.75, 3.05) is 13.6 Å². The molecule has 0 fully saturated rings. The van der Waals surface area contributed by atoms with Crippen LogP contribution in [0.25, 0.3) is 15.9 Å². The lowest BCUT2D eigenvalue weighted by Gasteiger charge is -2.10. The van der Waals surface area contributed by atoms with Gasteiger partial charge in [0, 0.05) is 26.2 Å². The highest BCUT2D eigenvalue weighted by Gasteiger charge is 2.19. The summed E-state index contributed by atoms with van der Waals surface area (Å²) in [6.45, 7) is 0.866. The van der Waals surface area contributed by atoms with Crippen molar-refractivity contribution in [3.8, 4) is 0 Å². The van der Waals surface area contributed by atoms with Crippen molar-refractivity contribution in [2.45, 2.75) is 12.3 Å². The van der Waals surface area contributed by atoms with Crippen molar-refractivity contribution in [1.82, 2.24) is 24.6 Å². The lowest BCUT2D eigenvalue weighted by molar-refractivity contribution is 0.379. The molecule has 1 atom stereocenters. The maximum Gasteiger partial charge on any atom is 0.153 e. The van der Waals surface area contributed by atoms with Gasteiger partial charge in [-0.2, -0.15) is 10.2 Å². The Morgan fingerprint density at radius 1 is 1.20 bits per heavy atom. The Hall–Kier alpha value is -2.80. The van der Waals surface area contributed by atoms with Crippen molar-refractivity contribution >= 4 is 33.4 Å². The van der Waals surface area contributed by atoms with Gasteiger partial charge in [-0.1, -0.05) is 6.07 Å². The molecule has 124 valence electrons. The molecule has 1 aliphatic heterocycles. The summed E-state index contributed by atoms with van der Waals surface area (Å²) in [5.74, 6) is 0.234. The fourth-order valence-electron chi connectivity index (χ4n) is 3.21. The first-order valence-corrected chi connectivity index (χ1v) is 9.05. The summed E-state index contributed by atoms with van der Waals surface area (Å²) in [5, 5.41) is 11.1. The normalized spacial score (nSPS) is 17.2. The zero-order chi connectivity index (χ0) is 16.8. The zero-order valence-corrected chi connectivity index (χ0v) is 14.5. The number of benzene rings is 1. The molecular formula is C18H16N6S. The molecule has 5 rings (SSSR count). The lowest BCUT2D eigenvalue weighted by Crippen LogP contribution is -2.14. The second kappa shape index (κ2) is 5.63. The number of aromatic nitrogens is 4. The van der Waals surface area contributed by atoms with Crippen LogP contribution in [0.1, 0.15) is 22.9 Å². The number of likely N-dealkylation sites (N-methyl/N-ethyl adjacent to an activating group) is 1. The molecule has 0 saturated heterocycles. The summed E-state index contributed by atoms with van der Waals surface area (Å²) in [4.78, 5) is 8.84. The van der Waals surface area contributed by atoms with Crippen LogP contribution in [0, 0.1) is 0 Å². The molecule has 1 aliphatic rings. The molecule has 6 nitrogen and oxygen atoms in total. The second-order valence-electron chi connectivity index (χ2n) is 6.32. The van der Waals surface area contributed by atoms with Crippen molar-refractivity contribution in [3.63, 3.8) is 0 Å². The highest BCUT2D eigenvalue weighted by Crippen LogP contribution is 2.22. The maximum atomic E-state index is 4.83. The minimum atomic E-state index is 0.234. The molecule has 0 saturated carbocycles. The predicted molar refractivity (Wildman–Crippen MR) is 99.3 cm³/mol. The molecule has 4 aromatic rings. The van der Waals surface area contributed by atoms with Crippen molar-refractivity contribution < 1.29 is 0 Å². The number of hydrogen-bond donors (Lipinski definition) is 0. The van der Waals surface area contributed by atoms with E-state index in [-0.39, 0.29) is 5.92 Å². The summed E-state index contributed by atoms with van der Waals surface area (Å²) < 4.78 is 3.17. The van der Waals surface area contributed by atoms with E-state index in [0.29, 0.717) is 0 Å². The Morgan fingerprint density at radius 2 is 2.16 bits per heavy atom. The molecule has 1 unspecified atom stereocenters. The molecule has 0 amide bonds. The Balaban J connectivity index is 1.51. The smallest absolute Gasteiger partial charge is 0.153 e. The van der Waals surface area contributed by atoms with E-state index in [0.717, 1.165) is 35.5 Å². The second-order valence-corrected chi connectivity index (χ2v) is 7.21. The average molecular weight is 348 g/mol. The number of nitrogens with zero attached hydrogens (tertiary/aromatic N) is 6. The number of hydrogen-bond acceptors (Lipinski definition) is 6. The maximum absolute atomic E-state index is 4.83. The summed E-state index contributed by atoms with van der Waals surface area (Å²) in [6, 6.07) is 10.5. The van der Waals surface area contributed by atoms with Crippen molar-refractivity contribution in [3.05, 3.63) is 59.0 Å². The fourth-order valence-corrected chi connectivity index (χ4v) is 3.96. The Labute approximate surface area is 148 Å². The first kappa shape index (κ1) is 14.5. The molecule has 0 radical (unpaired) electrons. The van der Waals surface area contributed by atoms with Crippen LogP contribution in [0.2, 0.25) is 0 Å². The Morgan fingerprint density at radius 3 is 3.04 bits per heavy atom. The van der Waals surface area contributed by atoms with Crippen LogP contribution in [0.5, 0.6) is 0 Å². The molecule has 0 spiro atoms. The van der Waals surface area contributed by atoms with E-state index in [1.54, 1.807) is 11.3 Å². The molecule has 0 N–H and O–H groups in total. The van der Waals surface area contributed by atoms with E-state index in [1.807, 2.05) is 46.6 Å². The minimum Gasteiger partial charge on any atom is -0.299 e. The number of imidazole rings is 1. The highest BCUT2D eigenvalue weighted by molar-refractivity contribution is 7.16. The molecule has 1 aromatic carbocycles. The third-order valence-corrected chi connectivity index (χ3v) is 5.31. The number of fused-ring (bicyclic) bond motifs is 2. The Bertz CT molecular complexity index is 1100. The first-order valence-electron chi connectivity index (χ1n) is 8.17. The standard InChI is InChI=1S/C18H16N6S/c1-23-10-13(8-21-23)15-4-5-18-19-9-14(24(18)22-15)6-12-2-3-16-17(7-12)25-11-20-16/h2-5,7-9,11,13H,6,10H2,1H3. The summed E-state index contributed by atoms with van der Waals surface area (Å²) in [5.41, 5.74) is 7.17. The van der Waals surface area contributed by atoms with Gasteiger partial charge in [0.15, 0.2) is 5.65 Å². The molecule has 7 heteroatoms. The van der Waals surface area contributed by atoms with Crippen LogP contribution in [0.4, 0.5) is 0 Å². The molecule has 4 heterocycles. The van der Waals surface area contributed by atoms with Crippen molar-refractivity contribution in [1.29, 1.82) is 0 Å². The third kappa shape index (κ3) is 2.56. The van der Waals surface area contributed by atoms with Gasteiger partial charge in [-0.3, -0.25) is 5.01 Å². The largest absolute Gasteiger partial charge is 0.299 e. The topological polar surface area (TPSA) is 58.7 Å². The van der Waals surface area contributed by atoms with Gasteiger partial charge in [0.05, 0.1) is 39.2 Å². The monoisotopic (exact) mass is 348 g/mol. The van der Waals surface area contributed by atoms with E-state index in [4.69, 9.17) is 5.10 Å². The predicted octanol–water partition coefficient (Wildman–Crippen LogP) is 2.94. The van der Waals surface area contributed by atoms with Gasteiger partial charge in [0.2, 0.25) is 0 Å². The highest BCUT2D eigenvalue weighted by atomic mass is 32.1. The van der Waals surface area contributed by atoms with E-state index >= 15 is 0 Å². The number of hydrazone groups is 1. The van der Waals surface area contributed by atoms with Gasteiger partial charge in [-0.25, -0.2) is 14.5 Å². The van der Waals surface area contributed by atoms with Crippen LogP contribution in [-0.2, 0) is 6.42 Å². The SMILES string of the molecule is CN1CC(c2ccc3ncc(Cc4ccc5ncsc5c4)n3n2)C=N1. The van der Waals surface area contributed by atoms with Crippen LogP contribution in [0.15, 0.2) is 47.1 Å². The molecule has 0 bridgehead atoms. The van der Waals surface area contributed by atoms with E-state index < -0.39 is 0 Å². The quantitative estimate of drug-likeness (QED) is 0.571.